The fourth-order valence-electron chi connectivity index (χ4n) is 1.71. The van der Waals surface area contributed by atoms with Gasteiger partial charge in [0.2, 0.25) is 0 Å². The molecule has 5 heteroatoms. The molecule has 0 heterocycles. The molecule has 104 valence electrons. The number of hydrogen-bond donors (Lipinski definition) is 0. The summed E-state index contributed by atoms with van der Waals surface area (Å²) >= 11 is 3.48. The van der Waals surface area contributed by atoms with Crippen molar-refractivity contribution in [3.05, 3.63) is 76.6 Å². The van der Waals surface area contributed by atoms with E-state index < -0.39 is 16.3 Å². The number of hydrogen-bond acceptors (Lipinski definition) is 2. The lowest BCUT2D eigenvalue weighted by Gasteiger charge is -2.16. The SMILES string of the molecule is O=S([O-])C(C=Cc1ccc(F)cc1)c1ccc(Cl)cc1. The predicted octanol–water partition coefficient (Wildman–Crippen LogP) is 4.11. The van der Waals surface area contributed by atoms with Crippen LogP contribution in [0.5, 0.6) is 0 Å². The highest BCUT2D eigenvalue weighted by Crippen LogP contribution is 2.23. The van der Waals surface area contributed by atoms with Crippen molar-refractivity contribution in [2.75, 3.05) is 0 Å². The van der Waals surface area contributed by atoms with Crippen LogP contribution in [0.1, 0.15) is 16.4 Å². The highest BCUT2D eigenvalue weighted by atomic mass is 35.5. The van der Waals surface area contributed by atoms with Gasteiger partial charge in [-0.2, -0.15) is 0 Å². The Hall–Kier alpha value is -1.49. The molecule has 0 aromatic heterocycles. The molecule has 2 nitrogen and oxygen atoms in total. The lowest BCUT2D eigenvalue weighted by Crippen LogP contribution is -2.02. The summed E-state index contributed by atoms with van der Waals surface area (Å²) in [6.07, 6.45) is 3.20. The average molecular weight is 310 g/mol. The van der Waals surface area contributed by atoms with Gasteiger partial charge in [-0.05, 0) is 46.5 Å². The lowest BCUT2D eigenvalue weighted by molar-refractivity contribution is 0.531. The smallest absolute Gasteiger partial charge is 0.123 e. The van der Waals surface area contributed by atoms with Crippen molar-refractivity contribution in [1.29, 1.82) is 0 Å². The van der Waals surface area contributed by atoms with Crippen molar-refractivity contribution < 1.29 is 13.2 Å². The summed E-state index contributed by atoms with van der Waals surface area (Å²) in [5.41, 5.74) is 1.36. The van der Waals surface area contributed by atoms with E-state index in [2.05, 4.69) is 0 Å². The van der Waals surface area contributed by atoms with Crippen LogP contribution >= 0.6 is 11.6 Å². The van der Waals surface area contributed by atoms with Crippen LogP contribution in [0.15, 0.2) is 54.6 Å². The summed E-state index contributed by atoms with van der Waals surface area (Å²) in [5.74, 6) is -0.330. The number of rotatable bonds is 4. The van der Waals surface area contributed by atoms with Crippen LogP contribution in [0.4, 0.5) is 4.39 Å². The van der Waals surface area contributed by atoms with Crippen molar-refractivity contribution in [2.45, 2.75) is 5.25 Å². The maximum Gasteiger partial charge on any atom is 0.123 e. The van der Waals surface area contributed by atoms with Crippen LogP contribution in [0.3, 0.4) is 0 Å². The Morgan fingerprint density at radius 3 is 2.25 bits per heavy atom. The molecule has 0 radical (unpaired) electrons. The zero-order valence-corrected chi connectivity index (χ0v) is 11.9. The normalized spacial score (nSPS) is 14.3. The van der Waals surface area contributed by atoms with E-state index in [4.69, 9.17) is 11.6 Å². The Kier molecular flexibility index (Phi) is 5.06. The predicted molar refractivity (Wildman–Crippen MR) is 78.5 cm³/mol. The maximum atomic E-state index is 12.8. The Morgan fingerprint density at radius 2 is 1.70 bits per heavy atom. The zero-order chi connectivity index (χ0) is 14.5. The molecule has 0 amide bonds. The monoisotopic (exact) mass is 309 g/mol. The molecular weight excluding hydrogens is 299 g/mol. The second-order valence-corrected chi connectivity index (χ2v) is 5.61. The second-order valence-electron chi connectivity index (χ2n) is 4.14. The third-order valence-electron chi connectivity index (χ3n) is 2.74. The van der Waals surface area contributed by atoms with Gasteiger partial charge in [-0.25, -0.2) is 4.39 Å². The minimum Gasteiger partial charge on any atom is -0.772 e. The topological polar surface area (TPSA) is 40.1 Å². The molecule has 0 saturated carbocycles. The van der Waals surface area contributed by atoms with Crippen molar-refractivity contribution in [1.82, 2.24) is 0 Å². The van der Waals surface area contributed by atoms with Gasteiger partial charge in [0.25, 0.3) is 0 Å². The van der Waals surface area contributed by atoms with E-state index in [1.54, 1.807) is 48.6 Å². The summed E-state index contributed by atoms with van der Waals surface area (Å²) in [6, 6.07) is 12.4. The van der Waals surface area contributed by atoms with Crippen LogP contribution in [-0.4, -0.2) is 8.76 Å². The highest BCUT2D eigenvalue weighted by molar-refractivity contribution is 7.79. The molecule has 2 rings (SSSR count). The van der Waals surface area contributed by atoms with Gasteiger partial charge >= 0.3 is 0 Å². The first kappa shape index (κ1) is 14.9. The molecule has 2 aromatic carbocycles. The Balaban J connectivity index is 2.23. The quantitative estimate of drug-likeness (QED) is 0.797. The average Bonchev–Trinajstić information content (AvgIpc) is 2.43. The van der Waals surface area contributed by atoms with E-state index in [0.29, 0.717) is 10.6 Å². The van der Waals surface area contributed by atoms with Crippen molar-refractivity contribution >= 4 is 28.8 Å². The molecule has 0 fully saturated rings. The summed E-state index contributed by atoms with van der Waals surface area (Å²) in [4.78, 5) is 0. The van der Waals surface area contributed by atoms with Crippen molar-refractivity contribution in [3.8, 4) is 0 Å². The van der Waals surface area contributed by atoms with E-state index in [0.717, 1.165) is 5.56 Å². The third kappa shape index (κ3) is 4.00. The standard InChI is InChI=1S/C15H12ClFO2S/c16-13-6-4-12(5-7-13)15(20(18)19)10-3-11-1-8-14(17)9-2-11/h1-10,15H,(H,18,19)/p-1. The summed E-state index contributed by atoms with van der Waals surface area (Å²) in [7, 11) is 0. The summed E-state index contributed by atoms with van der Waals surface area (Å²) < 4.78 is 35.4. The van der Waals surface area contributed by atoms with E-state index in [1.165, 1.54) is 12.1 Å². The van der Waals surface area contributed by atoms with Crippen LogP contribution in [-0.2, 0) is 11.1 Å². The Morgan fingerprint density at radius 1 is 1.10 bits per heavy atom. The van der Waals surface area contributed by atoms with Gasteiger partial charge in [0.15, 0.2) is 0 Å². The molecule has 0 aliphatic carbocycles. The first-order valence-electron chi connectivity index (χ1n) is 5.83. The molecular formula is C15H11ClFO2S-. The van der Waals surface area contributed by atoms with Crippen LogP contribution in [0.25, 0.3) is 6.08 Å². The molecule has 0 aliphatic heterocycles. The van der Waals surface area contributed by atoms with E-state index in [-0.39, 0.29) is 5.82 Å². The molecule has 0 spiro atoms. The number of benzene rings is 2. The van der Waals surface area contributed by atoms with E-state index in [1.807, 2.05) is 0 Å². The Bertz CT molecular complexity index is 623. The fourth-order valence-corrected chi connectivity index (χ4v) is 2.42. The van der Waals surface area contributed by atoms with Crippen molar-refractivity contribution in [2.24, 2.45) is 0 Å². The first-order valence-corrected chi connectivity index (χ1v) is 7.35. The van der Waals surface area contributed by atoms with Crippen LogP contribution < -0.4 is 0 Å². The number of halogens is 2. The van der Waals surface area contributed by atoms with Gasteiger partial charge in [-0.1, -0.05) is 48.0 Å². The first-order chi connectivity index (χ1) is 9.56. The molecule has 0 N–H and O–H groups in total. The van der Waals surface area contributed by atoms with Gasteiger partial charge in [-0.3, -0.25) is 4.21 Å². The molecule has 0 bridgehead atoms. The second kappa shape index (κ2) is 6.79. The van der Waals surface area contributed by atoms with Gasteiger partial charge in [0.05, 0.1) is 5.25 Å². The molecule has 0 saturated heterocycles. The molecule has 20 heavy (non-hydrogen) atoms. The van der Waals surface area contributed by atoms with Gasteiger partial charge in [-0.15, -0.1) is 0 Å². The summed E-state index contributed by atoms with van der Waals surface area (Å²) in [6.45, 7) is 0. The Labute approximate surface area is 124 Å². The lowest BCUT2D eigenvalue weighted by atomic mass is 10.1. The minimum absolute atomic E-state index is 0.330. The van der Waals surface area contributed by atoms with Gasteiger partial charge < -0.3 is 4.55 Å². The van der Waals surface area contributed by atoms with Crippen molar-refractivity contribution in [3.63, 3.8) is 0 Å². The zero-order valence-electron chi connectivity index (χ0n) is 10.3. The molecule has 2 aromatic rings. The summed E-state index contributed by atoms with van der Waals surface area (Å²) in [5, 5.41) is -0.219. The van der Waals surface area contributed by atoms with Gasteiger partial charge in [0, 0.05) is 5.02 Å². The van der Waals surface area contributed by atoms with E-state index in [9.17, 15) is 13.2 Å². The van der Waals surface area contributed by atoms with Gasteiger partial charge in [0.1, 0.15) is 5.82 Å². The third-order valence-corrected chi connectivity index (χ3v) is 3.84. The fraction of sp³-hybridized carbons (Fsp3) is 0.0667. The van der Waals surface area contributed by atoms with Crippen LogP contribution in [0, 0.1) is 5.82 Å². The molecule has 0 aliphatic rings. The minimum atomic E-state index is -2.29. The molecule has 2 atom stereocenters. The highest BCUT2D eigenvalue weighted by Gasteiger charge is 2.08. The molecule has 2 unspecified atom stereocenters. The van der Waals surface area contributed by atoms with E-state index >= 15 is 0 Å². The van der Waals surface area contributed by atoms with Crippen LogP contribution in [0.2, 0.25) is 5.02 Å². The largest absolute Gasteiger partial charge is 0.772 e. The maximum absolute atomic E-state index is 12.8.